The summed E-state index contributed by atoms with van der Waals surface area (Å²) in [6.45, 7) is 3.12. The van der Waals surface area contributed by atoms with Crippen LogP contribution in [0.15, 0.2) is 23.2 Å². The molecule has 1 fully saturated rings. The van der Waals surface area contributed by atoms with Crippen LogP contribution < -0.4 is 15.8 Å². The fourth-order valence-corrected chi connectivity index (χ4v) is 2.77. The second kappa shape index (κ2) is 6.80. The second-order valence-corrected chi connectivity index (χ2v) is 5.58. The first-order valence-electron chi connectivity index (χ1n) is 7.71. The first-order valence-corrected chi connectivity index (χ1v) is 7.71. The van der Waals surface area contributed by atoms with Crippen LogP contribution in [0.4, 0.5) is 0 Å². The molecule has 2 aliphatic heterocycles. The van der Waals surface area contributed by atoms with E-state index >= 15 is 0 Å². The van der Waals surface area contributed by atoms with Crippen LogP contribution >= 0.6 is 0 Å². The van der Waals surface area contributed by atoms with Gasteiger partial charge in [0, 0.05) is 19.6 Å². The van der Waals surface area contributed by atoms with E-state index in [0.717, 1.165) is 51.2 Å². The fourth-order valence-electron chi connectivity index (χ4n) is 2.77. The van der Waals surface area contributed by atoms with Crippen molar-refractivity contribution in [1.82, 2.24) is 5.32 Å². The molecule has 3 N–H and O–H groups in total. The topological polar surface area (TPSA) is 68.9 Å². The number of hydrogen-bond donors (Lipinski definition) is 2. The first-order chi connectivity index (χ1) is 10.3. The third kappa shape index (κ3) is 3.88. The van der Waals surface area contributed by atoms with Crippen molar-refractivity contribution in [3.63, 3.8) is 0 Å². The molecule has 0 spiro atoms. The smallest absolute Gasteiger partial charge is 0.188 e. The lowest BCUT2D eigenvalue weighted by Gasteiger charge is -2.09. The lowest BCUT2D eigenvalue weighted by atomic mass is 10.1. The number of fused-ring (bicyclic) bond motifs is 1. The Kier molecular flexibility index (Phi) is 4.60. The van der Waals surface area contributed by atoms with Crippen molar-refractivity contribution in [3.8, 4) is 5.75 Å². The van der Waals surface area contributed by atoms with Crippen LogP contribution in [0, 0.1) is 0 Å². The maximum absolute atomic E-state index is 5.87. The molecule has 2 heterocycles. The van der Waals surface area contributed by atoms with Gasteiger partial charge in [-0.3, -0.25) is 4.99 Å². The van der Waals surface area contributed by atoms with Gasteiger partial charge in [-0.2, -0.15) is 0 Å². The molecule has 114 valence electrons. The van der Waals surface area contributed by atoms with E-state index in [1.54, 1.807) is 0 Å². The number of nitrogens with zero attached hydrogens (tertiary/aromatic N) is 1. The van der Waals surface area contributed by atoms with Crippen LogP contribution in [0.5, 0.6) is 5.75 Å². The molecule has 1 aromatic rings. The average Bonchev–Trinajstić information content (AvgIpc) is 3.16. The van der Waals surface area contributed by atoms with Gasteiger partial charge >= 0.3 is 0 Å². The Hall–Kier alpha value is -1.75. The highest BCUT2D eigenvalue weighted by Gasteiger charge is 2.14. The predicted octanol–water partition coefficient (Wildman–Crippen LogP) is 1.25. The highest BCUT2D eigenvalue weighted by molar-refractivity contribution is 5.77. The summed E-state index contributed by atoms with van der Waals surface area (Å²) < 4.78 is 11.0. The van der Waals surface area contributed by atoms with E-state index in [1.165, 1.54) is 11.1 Å². The molecule has 3 rings (SSSR count). The Morgan fingerprint density at radius 1 is 1.38 bits per heavy atom. The highest BCUT2D eigenvalue weighted by Crippen LogP contribution is 2.25. The summed E-state index contributed by atoms with van der Waals surface area (Å²) in [5, 5.41) is 3.16. The minimum Gasteiger partial charge on any atom is -0.493 e. The van der Waals surface area contributed by atoms with Crippen molar-refractivity contribution < 1.29 is 9.47 Å². The van der Waals surface area contributed by atoms with Crippen LogP contribution in [-0.4, -0.2) is 38.4 Å². The minimum atomic E-state index is 0.252. The molecular weight excluding hydrogens is 266 g/mol. The molecule has 0 aliphatic carbocycles. The molecule has 1 saturated heterocycles. The van der Waals surface area contributed by atoms with Crippen LogP contribution in [0.1, 0.15) is 24.0 Å². The van der Waals surface area contributed by atoms with Gasteiger partial charge in [0.05, 0.1) is 19.3 Å². The average molecular weight is 289 g/mol. The van der Waals surface area contributed by atoms with Gasteiger partial charge in [-0.05, 0) is 36.5 Å². The van der Waals surface area contributed by atoms with Gasteiger partial charge in [0.15, 0.2) is 5.96 Å². The highest BCUT2D eigenvalue weighted by atomic mass is 16.5. The number of nitrogens with two attached hydrogens (primary N) is 1. The first kappa shape index (κ1) is 14.2. The minimum absolute atomic E-state index is 0.252. The zero-order valence-electron chi connectivity index (χ0n) is 12.3. The molecule has 21 heavy (non-hydrogen) atoms. The van der Waals surface area contributed by atoms with Crippen molar-refractivity contribution in [1.29, 1.82) is 0 Å². The molecule has 0 saturated carbocycles. The second-order valence-electron chi connectivity index (χ2n) is 5.58. The van der Waals surface area contributed by atoms with Crippen molar-refractivity contribution in [2.24, 2.45) is 10.7 Å². The van der Waals surface area contributed by atoms with Crippen LogP contribution in [0.25, 0.3) is 0 Å². The summed E-state index contributed by atoms with van der Waals surface area (Å²) >= 11 is 0. The largest absolute Gasteiger partial charge is 0.493 e. The quantitative estimate of drug-likeness (QED) is 0.632. The Bertz CT molecular complexity index is 510. The van der Waals surface area contributed by atoms with E-state index in [2.05, 4.69) is 28.5 Å². The van der Waals surface area contributed by atoms with E-state index < -0.39 is 0 Å². The third-order valence-electron chi connectivity index (χ3n) is 3.96. The molecule has 1 atom stereocenters. The number of hydrogen-bond acceptors (Lipinski definition) is 3. The van der Waals surface area contributed by atoms with E-state index in [-0.39, 0.29) is 6.10 Å². The molecule has 2 aliphatic rings. The fraction of sp³-hybridized carbons (Fsp3) is 0.562. The number of nitrogens with one attached hydrogen (secondary N) is 1. The SMILES string of the molecule is NC(=NCC1CCCO1)NCCc1ccc2c(c1)CCO2. The van der Waals surface area contributed by atoms with Crippen molar-refractivity contribution in [3.05, 3.63) is 29.3 Å². The Morgan fingerprint density at radius 3 is 3.19 bits per heavy atom. The molecule has 0 aromatic heterocycles. The zero-order chi connectivity index (χ0) is 14.5. The standard InChI is InChI=1S/C16H23N3O2/c17-16(19-11-14-2-1-8-20-14)18-7-5-12-3-4-15-13(10-12)6-9-21-15/h3-4,10,14H,1-2,5-9,11H2,(H3,17,18,19). The van der Waals surface area contributed by atoms with Crippen molar-refractivity contribution in [2.45, 2.75) is 31.8 Å². The lowest BCUT2D eigenvalue weighted by molar-refractivity contribution is 0.118. The summed E-state index contributed by atoms with van der Waals surface area (Å²) in [4.78, 5) is 4.33. The van der Waals surface area contributed by atoms with Gasteiger partial charge in [0.1, 0.15) is 5.75 Å². The Morgan fingerprint density at radius 2 is 2.33 bits per heavy atom. The van der Waals surface area contributed by atoms with E-state index in [9.17, 15) is 0 Å². The van der Waals surface area contributed by atoms with Crippen LogP contribution in [0.3, 0.4) is 0 Å². The number of ether oxygens (including phenoxy) is 2. The molecule has 1 aromatic carbocycles. The van der Waals surface area contributed by atoms with Gasteiger partial charge in [-0.1, -0.05) is 12.1 Å². The number of benzene rings is 1. The van der Waals surface area contributed by atoms with E-state index in [0.29, 0.717) is 12.5 Å². The monoisotopic (exact) mass is 289 g/mol. The number of guanidine groups is 1. The molecular formula is C16H23N3O2. The Balaban J connectivity index is 1.41. The summed E-state index contributed by atoms with van der Waals surface area (Å²) in [7, 11) is 0. The lowest BCUT2D eigenvalue weighted by Crippen LogP contribution is -2.34. The van der Waals surface area contributed by atoms with E-state index in [1.807, 2.05) is 0 Å². The van der Waals surface area contributed by atoms with Gasteiger partial charge in [0.25, 0.3) is 0 Å². The molecule has 1 unspecified atom stereocenters. The van der Waals surface area contributed by atoms with Gasteiger partial charge in [-0.15, -0.1) is 0 Å². The number of rotatable bonds is 5. The molecule has 0 bridgehead atoms. The normalized spacial score (nSPS) is 21.1. The van der Waals surface area contributed by atoms with Gasteiger partial charge in [-0.25, -0.2) is 0 Å². The molecule has 0 radical (unpaired) electrons. The maximum atomic E-state index is 5.87. The summed E-state index contributed by atoms with van der Waals surface area (Å²) in [6, 6.07) is 6.40. The zero-order valence-corrected chi connectivity index (χ0v) is 12.3. The van der Waals surface area contributed by atoms with Crippen LogP contribution in [0.2, 0.25) is 0 Å². The summed E-state index contributed by atoms with van der Waals surface area (Å²) in [6.07, 6.45) is 4.43. The van der Waals surface area contributed by atoms with Crippen LogP contribution in [-0.2, 0) is 17.6 Å². The molecule has 0 amide bonds. The summed E-state index contributed by atoms with van der Waals surface area (Å²) in [5.74, 6) is 1.54. The predicted molar refractivity (Wildman–Crippen MR) is 82.8 cm³/mol. The van der Waals surface area contributed by atoms with Crippen molar-refractivity contribution >= 4 is 5.96 Å². The summed E-state index contributed by atoms with van der Waals surface area (Å²) in [5.41, 5.74) is 8.49. The number of aliphatic imine (C=N–C) groups is 1. The molecule has 5 nitrogen and oxygen atoms in total. The molecule has 5 heteroatoms. The maximum Gasteiger partial charge on any atom is 0.188 e. The van der Waals surface area contributed by atoms with Gasteiger partial charge in [0.2, 0.25) is 0 Å². The van der Waals surface area contributed by atoms with Crippen molar-refractivity contribution in [2.75, 3.05) is 26.3 Å². The third-order valence-corrected chi connectivity index (χ3v) is 3.96. The Labute approximate surface area is 125 Å². The van der Waals surface area contributed by atoms with E-state index in [4.69, 9.17) is 15.2 Å². The van der Waals surface area contributed by atoms with Gasteiger partial charge < -0.3 is 20.5 Å².